The summed E-state index contributed by atoms with van der Waals surface area (Å²) < 4.78 is 6.91. The zero-order valence-corrected chi connectivity index (χ0v) is 18.2. The maximum atomic E-state index is 12.3. The van der Waals surface area contributed by atoms with Crippen molar-refractivity contribution in [2.24, 2.45) is 0 Å². The molecule has 2 heterocycles. The number of hydrogen-bond donors (Lipinski definition) is 1. The standard InChI is InChI=1S/C25H29N3O2/c1-8-12-14-17(5)26-23-15-19(25(29)30-7)16-24(27-23)28-21(11-4)18(6)20(10-3)22(28)13-9-2/h9-16H,3-5,8H2,1-2,6-7H3,(H,26,27)/b13-9-,14-12-. The molecule has 30 heavy (non-hydrogen) atoms. The van der Waals surface area contributed by atoms with Crippen LogP contribution in [0, 0.1) is 6.92 Å². The minimum Gasteiger partial charge on any atom is -0.465 e. The molecule has 0 bridgehead atoms. The summed E-state index contributed by atoms with van der Waals surface area (Å²) in [6.45, 7) is 17.9. The molecule has 156 valence electrons. The van der Waals surface area contributed by atoms with Gasteiger partial charge in [0, 0.05) is 11.3 Å². The van der Waals surface area contributed by atoms with Crippen LogP contribution in [-0.2, 0) is 4.74 Å². The van der Waals surface area contributed by atoms with E-state index >= 15 is 0 Å². The first-order chi connectivity index (χ1) is 14.4. The van der Waals surface area contributed by atoms with Crippen molar-refractivity contribution in [1.82, 2.24) is 9.55 Å². The Hall–Kier alpha value is -3.60. The predicted octanol–water partition coefficient (Wildman–Crippen LogP) is 6.18. The highest BCUT2D eigenvalue weighted by atomic mass is 16.5. The van der Waals surface area contributed by atoms with Crippen molar-refractivity contribution in [2.75, 3.05) is 12.4 Å². The Kier molecular flexibility index (Phi) is 7.76. The number of esters is 1. The molecular formula is C25H29N3O2. The van der Waals surface area contributed by atoms with Gasteiger partial charge in [0.1, 0.15) is 11.6 Å². The SMILES string of the molecule is C=Cc1c(C)c(C=C)n(-c2cc(C(=O)OC)cc(NC(=C)/C=C\CC)n2)c1/C=C\C. The minimum absolute atomic E-state index is 0.380. The fraction of sp³-hybridized carbons (Fsp3) is 0.200. The van der Waals surface area contributed by atoms with E-state index in [1.165, 1.54) is 7.11 Å². The number of carbonyl (C=O) groups is 1. The molecule has 0 saturated heterocycles. The third-order valence-corrected chi connectivity index (χ3v) is 4.57. The fourth-order valence-corrected chi connectivity index (χ4v) is 3.22. The van der Waals surface area contributed by atoms with Crippen LogP contribution in [0.15, 0.2) is 55.8 Å². The number of ether oxygens (including phenoxy) is 1. The van der Waals surface area contributed by atoms with Crippen molar-refractivity contribution >= 4 is 30.0 Å². The molecule has 0 fully saturated rings. The highest BCUT2D eigenvalue weighted by Crippen LogP contribution is 2.30. The maximum absolute atomic E-state index is 12.3. The summed E-state index contributed by atoms with van der Waals surface area (Å²) in [5, 5.41) is 3.15. The van der Waals surface area contributed by atoms with Gasteiger partial charge in [-0.1, -0.05) is 44.9 Å². The van der Waals surface area contributed by atoms with E-state index in [2.05, 4.69) is 25.1 Å². The number of carbonyl (C=O) groups excluding carboxylic acids is 1. The Balaban J connectivity index is 2.77. The van der Waals surface area contributed by atoms with Gasteiger partial charge in [-0.2, -0.15) is 0 Å². The lowest BCUT2D eigenvalue weighted by molar-refractivity contribution is 0.0600. The molecule has 0 saturated carbocycles. The first-order valence-corrected chi connectivity index (χ1v) is 9.77. The summed E-state index contributed by atoms with van der Waals surface area (Å²) in [4.78, 5) is 17.1. The molecule has 2 aromatic rings. The van der Waals surface area contributed by atoms with E-state index < -0.39 is 5.97 Å². The van der Waals surface area contributed by atoms with E-state index in [0.29, 0.717) is 22.9 Å². The van der Waals surface area contributed by atoms with Crippen molar-refractivity contribution in [1.29, 1.82) is 0 Å². The summed E-state index contributed by atoms with van der Waals surface area (Å²) in [7, 11) is 1.36. The molecule has 0 amide bonds. The molecule has 5 nitrogen and oxygen atoms in total. The number of nitrogens with zero attached hydrogens (tertiary/aromatic N) is 2. The number of anilines is 1. The maximum Gasteiger partial charge on any atom is 0.338 e. The number of rotatable bonds is 9. The number of aromatic nitrogens is 2. The number of methoxy groups -OCH3 is 1. The molecule has 0 aliphatic heterocycles. The Morgan fingerprint density at radius 3 is 2.57 bits per heavy atom. The Morgan fingerprint density at radius 2 is 2.00 bits per heavy atom. The smallest absolute Gasteiger partial charge is 0.338 e. The van der Waals surface area contributed by atoms with Gasteiger partial charge in [0.2, 0.25) is 0 Å². The van der Waals surface area contributed by atoms with Crippen molar-refractivity contribution in [3.63, 3.8) is 0 Å². The lowest BCUT2D eigenvalue weighted by atomic mass is 10.1. The van der Waals surface area contributed by atoms with Gasteiger partial charge in [-0.05, 0) is 56.2 Å². The van der Waals surface area contributed by atoms with E-state index in [1.807, 2.05) is 55.7 Å². The number of allylic oxidation sites excluding steroid dienone is 3. The van der Waals surface area contributed by atoms with E-state index in [9.17, 15) is 4.79 Å². The highest BCUT2D eigenvalue weighted by molar-refractivity contribution is 5.91. The average molecular weight is 404 g/mol. The number of hydrogen-bond acceptors (Lipinski definition) is 4. The second kappa shape index (κ2) is 10.3. The van der Waals surface area contributed by atoms with Crippen LogP contribution in [0.3, 0.4) is 0 Å². The summed E-state index contributed by atoms with van der Waals surface area (Å²) in [5.41, 5.74) is 4.85. The monoisotopic (exact) mass is 403 g/mol. The van der Waals surface area contributed by atoms with Gasteiger partial charge in [0.15, 0.2) is 0 Å². The third-order valence-electron chi connectivity index (χ3n) is 4.57. The predicted molar refractivity (Wildman–Crippen MR) is 127 cm³/mol. The molecule has 0 unspecified atom stereocenters. The normalized spacial score (nSPS) is 11.1. The molecule has 1 N–H and O–H groups in total. The minimum atomic E-state index is -0.447. The van der Waals surface area contributed by atoms with Gasteiger partial charge in [-0.25, -0.2) is 9.78 Å². The largest absolute Gasteiger partial charge is 0.465 e. The molecular weight excluding hydrogens is 374 g/mol. The summed E-state index contributed by atoms with van der Waals surface area (Å²) in [6.07, 6.45) is 12.3. The number of pyridine rings is 1. The molecule has 0 spiro atoms. The summed E-state index contributed by atoms with van der Waals surface area (Å²) in [5.74, 6) is 0.607. The second-order valence-corrected chi connectivity index (χ2v) is 6.60. The molecule has 2 rings (SSSR count). The summed E-state index contributed by atoms with van der Waals surface area (Å²) >= 11 is 0. The number of nitrogens with one attached hydrogen (secondary N) is 1. The van der Waals surface area contributed by atoms with Gasteiger partial charge in [-0.3, -0.25) is 4.57 Å². The molecule has 5 heteroatoms. The van der Waals surface area contributed by atoms with E-state index in [1.54, 1.807) is 18.2 Å². The van der Waals surface area contributed by atoms with Crippen LogP contribution in [0.5, 0.6) is 0 Å². The second-order valence-electron chi connectivity index (χ2n) is 6.60. The zero-order valence-electron chi connectivity index (χ0n) is 18.2. The van der Waals surface area contributed by atoms with Crippen LogP contribution in [0.4, 0.5) is 5.82 Å². The van der Waals surface area contributed by atoms with Crippen LogP contribution in [0.25, 0.3) is 24.0 Å². The Morgan fingerprint density at radius 1 is 1.27 bits per heavy atom. The Labute approximate surface area is 178 Å². The summed E-state index contributed by atoms with van der Waals surface area (Å²) in [6, 6.07) is 3.35. The van der Waals surface area contributed by atoms with E-state index in [0.717, 1.165) is 28.9 Å². The van der Waals surface area contributed by atoms with Crippen LogP contribution in [0.1, 0.15) is 53.1 Å². The molecule has 2 aromatic heterocycles. The fourth-order valence-electron chi connectivity index (χ4n) is 3.22. The molecule has 0 radical (unpaired) electrons. The average Bonchev–Trinajstić information content (AvgIpc) is 3.01. The topological polar surface area (TPSA) is 56.1 Å². The molecule has 0 atom stereocenters. The molecule has 0 aliphatic rings. The highest BCUT2D eigenvalue weighted by Gasteiger charge is 2.19. The molecule has 0 aliphatic carbocycles. The van der Waals surface area contributed by atoms with Gasteiger partial charge in [-0.15, -0.1) is 0 Å². The van der Waals surface area contributed by atoms with Crippen LogP contribution < -0.4 is 5.32 Å². The van der Waals surface area contributed by atoms with Gasteiger partial charge >= 0.3 is 5.97 Å². The third kappa shape index (κ3) is 4.69. The van der Waals surface area contributed by atoms with Crippen LogP contribution in [0.2, 0.25) is 0 Å². The van der Waals surface area contributed by atoms with E-state index in [-0.39, 0.29) is 0 Å². The van der Waals surface area contributed by atoms with E-state index in [4.69, 9.17) is 9.72 Å². The Bertz CT molecular complexity index is 1040. The van der Waals surface area contributed by atoms with Gasteiger partial charge in [0.05, 0.1) is 24.1 Å². The van der Waals surface area contributed by atoms with Crippen molar-refractivity contribution < 1.29 is 9.53 Å². The van der Waals surface area contributed by atoms with Gasteiger partial charge < -0.3 is 10.1 Å². The quantitative estimate of drug-likeness (QED) is 0.401. The van der Waals surface area contributed by atoms with Crippen LogP contribution >= 0.6 is 0 Å². The van der Waals surface area contributed by atoms with Gasteiger partial charge in [0.25, 0.3) is 0 Å². The van der Waals surface area contributed by atoms with Crippen LogP contribution in [-0.4, -0.2) is 22.6 Å². The first-order valence-electron chi connectivity index (χ1n) is 9.77. The lowest BCUT2D eigenvalue weighted by Crippen LogP contribution is -2.10. The van der Waals surface area contributed by atoms with Crippen molar-refractivity contribution in [3.8, 4) is 5.82 Å². The first kappa shape index (κ1) is 22.7. The zero-order chi connectivity index (χ0) is 22.3. The lowest BCUT2D eigenvalue weighted by Gasteiger charge is -2.14. The van der Waals surface area contributed by atoms with Crippen molar-refractivity contribution in [3.05, 3.63) is 83.9 Å². The molecule has 0 aromatic carbocycles. The van der Waals surface area contributed by atoms with Crippen molar-refractivity contribution in [2.45, 2.75) is 27.2 Å².